The van der Waals surface area contributed by atoms with Crippen LogP contribution in [0.1, 0.15) is 38.7 Å². The third kappa shape index (κ3) is 3.77. The van der Waals surface area contributed by atoms with E-state index in [1.54, 1.807) is 23.3 Å². The molecule has 2 heterocycles. The standard InChI is InChI=1S/C14H19N5O2/c1-10(2)19-9-15-17-14(19)11(3)16-13(21)8-18-6-4-12(20)5-7-18/h4-7,9-11H,8H2,1-3H3,(H,16,21). The van der Waals surface area contributed by atoms with Crippen LogP contribution in [0.5, 0.6) is 0 Å². The van der Waals surface area contributed by atoms with Gasteiger partial charge in [-0.2, -0.15) is 0 Å². The summed E-state index contributed by atoms with van der Waals surface area (Å²) >= 11 is 0. The smallest absolute Gasteiger partial charge is 0.240 e. The SMILES string of the molecule is CC(NC(=O)Cn1ccc(=O)cc1)c1nncn1C(C)C. The highest BCUT2D eigenvalue weighted by Crippen LogP contribution is 2.13. The van der Waals surface area contributed by atoms with Crippen LogP contribution < -0.4 is 10.7 Å². The van der Waals surface area contributed by atoms with Crippen molar-refractivity contribution >= 4 is 5.91 Å². The van der Waals surface area contributed by atoms with Gasteiger partial charge in [-0.05, 0) is 20.8 Å². The first-order valence-electron chi connectivity index (χ1n) is 6.82. The monoisotopic (exact) mass is 289 g/mol. The van der Waals surface area contributed by atoms with E-state index in [4.69, 9.17) is 0 Å². The van der Waals surface area contributed by atoms with Gasteiger partial charge in [0, 0.05) is 30.6 Å². The zero-order chi connectivity index (χ0) is 15.4. The van der Waals surface area contributed by atoms with Crippen molar-refractivity contribution in [2.45, 2.75) is 39.4 Å². The highest BCUT2D eigenvalue weighted by atomic mass is 16.2. The molecule has 0 fully saturated rings. The summed E-state index contributed by atoms with van der Waals surface area (Å²) < 4.78 is 3.57. The van der Waals surface area contributed by atoms with Gasteiger partial charge in [0.2, 0.25) is 5.91 Å². The molecule has 2 aromatic rings. The summed E-state index contributed by atoms with van der Waals surface area (Å²) in [5.74, 6) is 0.572. The highest BCUT2D eigenvalue weighted by molar-refractivity contribution is 5.76. The van der Waals surface area contributed by atoms with E-state index < -0.39 is 0 Å². The Kier molecular flexibility index (Phi) is 4.52. The van der Waals surface area contributed by atoms with Crippen LogP contribution in [0, 0.1) is 0 Å². The van der Waals surface area contributed by atoms with Crippen LogP contribution in [0.15, 0.2) is 35.6 Å². The first-order chi connectivity index (χ1) is 9.97. The Morgan fingerprint density at radius 2 is 1.95 bits per heavy atom. The van der Waals surface area contributed by atoms with Crippen molar-refractivity contribution in [3.63, 3.8) is 0 Å². The molecule has 0 aliphatic carbocycles. The Balaban J connectivity index is 2.00. The maximum atomic E-state index is 12.0. The maximum Gasteiger partial charge on any atom is 0.240 e. The molecule has 21 heavy (non-hydrogen) atoms. The van der Waals surface area contributed by atoms with Gasteiger partial charge in [-0.3, -0.25) is 9.59 Å². The number of pyridine rings is 1. The molecule has 0 aromatic carbocycles. The molecule has 0 aliphatic rings. The van der Waals surface area contributed by atoms with Gasteiger partial charge in [0.25, 0.3) is 0 Å². The molecule has 0 bridgehead atoms. The molecule has 1 amide bonds. The van der Waals surface area contributed by atoms with E-state index in [-0.39, 0.29) is 30.0 Å². The molecule has 2 aromatic heterocycles. The number of nitrogens with one attached hydrogen (secondary N) is 1. The largest absolute Gasteiger partial charge is 0.345 e. The number of rotatable bonds is 5. The lowest BCUT2D eigenvalue weighted by Gasteiger charge is -2.17. The topological polar surface area (TPSA) is 81.8 Å². The minimum Gasteiger partial charge on any atom is -0.345 e. The van der Waals surface area contributed by atoms with E-state index in [0.717, 1.165) is 5.82 Å². The Labute approximate surface area is 122 Å². The van der Waals surface area contributed by atoms with Crippen LogP contribution in [-0.4, -0.2) is 25.2 Å². The molecule has 112 valence electrons. The van der Waals surface area contributed by atoms with Gasteiger partial charge in [-0.25, -0.2) is 0 Å². The summed E-state index contributed by atoms with van der Waals surface area (Å²) in [4.78, 5) is 23.0. The van der Waals surface area contributed by atoms with E-state index >= 15 is 0 Å². The number of nitrogens with zero attached hydrogens (tertiary/aromatic N) is 4. The maximum absolute atomic E-state index is 12.0. The third-order valence-electron chi connectivity index (χ3n) is 3.11. The van der Waals surface area contributed by atoms with Crippen LogP contribution in [0.3, 0.4) is 0 Å². The lowest BCUT2D eigenvalue weighted by molar-refractivity contribution is -0.122. The van der Waals surface area contributed by atoms with E-state index in [2.05, 4.69) is 15.5 Å². The van der Waals surface area contributed by atoms with Gasteiger partial charge in [-0.1, -0.05) is 0 Å². The molecule has 1 atom stereocenters. The Morgan fingerprint density at radius 1 is 1.29 bits per heavy atom. The van der Waals surface area contributed by atoms with Crippen molar-refractivity contribution in [2.75, 3.05) is 0 Å². The molecule has 7 heteroatoms. The average Bonchev–Trinajstić information content (AvgIpc) is 2.91. The minimum atomic E-state index is -0.234. The van der Waals surface area contributed by atoms with Crippen LogP contribution in [-0.2, 0) is 11.3 Å². The summed E-state index contributed by atoms with van der Waals surface area (Å²) in [6.07, 6.45) is 4.83. The number of carbonyl (C=O) groups is 1. The second-order valence-corrected chi connectivity index (χ2v) is 5.19. The van der Waals surface area contributed by atoms with Crippen LogP contribution >= 0.6 is 0 Å². The van der Waals surface area contributed by atoms with Crippen molar-refractivity contribution < 1.29 is 4.79 Å². The quantitative estimate of drug-likeness (QED) is 0.886. The Bertz CT molecular complexity index is 654. The van der Waals surface area contributed by atoms with Gasteiger partial charge >= 0.3 is 0 Å². The fourth-order valence-corrected chi connectivity index (χ4v) is 2.03. The van der Waals surface area contributed by atoms with Crippen LogP contribution in [0.25, 0.3) is 0 Å². The van der Waals surface area contributed by atoms with Crippen molar-refractivity contribution in [3.05, 3.63) is 46.9 Å². The molecule has 7 nitrogen and oxygen atoms in total. The predicted octanol–water partition coefficient (Wildman–Crippen LogP) is 0.898. The number of carbonyl (C=O) groups excluding carboxylic acids is 1. The van der Waals surface area contributed by atoms with E-state index in [0.29, 0.717) is 0 Å². The fourth-order valence-electron chi connectivity index (χ4n) is 2.03. The highest BCUT2D eigenvalue weighted by Gasteiger charge is 2.16. The van der Waals surface area contributed by atoms with Gasteiger partial charge in [0.15, 0.2) is 11.3 Å². The molecule has 0 aliphatic heterocycles. The fraction of sp³-hybridized carbons (Fsp3) is 0.429. The second-order valence-electron chi connectivity index (χ2n) is 5.19. The van der Waals surface area contributed by atoms with Crippen molar-refractivity contribution in [1.29, 1.82) is 0 Å². The number of hydrogen-bond acceptors (Lipinski definition) is 4. The number of amides is 1. The lowest BCUT2D eigenvalue weighted by atomic mass is 10.2. The van der Waals surface area contributed by atoms with Crippen molar-refractivity contribution in [1.82, 2.24) is 24.6 Å². The summed E-state index contributed by atoms with van der Waals surface area (Å²) in [6.45, 7) is 6.08. The summed E-state index contributed by atoms with van der Waals surface area (Å²) in [5, 5.41) is 10.8. The molecule has 0 saturated heterocycles. The van der Waals surface area contributed by atoms with Gasteiger partial charge in [0.1, 0.15) is 12.9 Å². The zero-order valence-corrected chi connectivity index (χ0v) is 12.4. The number of aromatic nitrogens is 4. The van der Waals surface area contributed by atoms with Crippen LogP contribution in [0.2, 0.25) is 0 Å². The van der Waals surface area contributed by atoms with Gasteiger partial charge < -0.3 is 14.5 Å². The van der Waals surface area contributed by atoms with Crippen molar-refractivity contribution in [3.8, 4) is 0 Å². The first kappa shape index (κ1) is 15.0. The molecule has 1 unspecified atom stereocenters. The summed E-state index contributed by atoms with van der Waals surface area (Å²) in [6, 6.07) is 2.84. The molecule has 2 rings (SSSR count). The third-order valence-corrected chi connectivity index (χ3v) is 3.11. The summed E-state index contributed by atoms with van der Waals surface area (Å²) in [5.41, 5.74) is -0.0786. The average molecular weight is 289 g/mol. The number of hydrogen-bond donors (Lipinski definition) is 1. The molecular formula is C14H19N5O2. The molecule has 0 spiro atoms. The minimum absolute atomic E-state index is 0.0786. The summed E-state index contributed by atoms with van der Waals surface area (Å²) in [7, 11) is 0. The van der Waals surface area contributed by atoms with Crippen molar-refractivity contribution in [2.24, 2.45) is 0 Å². The van der Waals surface area contributed by atoms with Crippen LogP contribution in [0.4, 0.5) is 0 Å². The molecule has 0 radical (unpaired) electrons. The molecule has 0 saturated carbocycles. The van der Waals surface area contributed by atoms with Gasteiger partial charge in [-0.15, -0.1) is 10.2 Å². The first-order valence-corrected chi connectivity index (χ1v) is 6.82. The van der Waals surface area contributed by atoms with E-state index in [1.807, 2.05) is 25.3 Å². The molecule has 1 N–H and O–H groups in total. The van der Waals surface area contributed by atoms with Gasteiger partial charge in [0.05, 0.1) is 6.04 Å². The zero-order valence-electron chi connectivity index (χ0n) is 12.4. The van der Waals surface area contributed by atoms with E-state index in [9.17, 15) is 9.59 Å². The second kappa shape index (κ2) is 6.34. The predicted molar refractivity (Wildman–Crippen MR) is 77.7 cm³/mol. The lowest BCUT2D eigenvalue weighted by Crippen LogP contribution is -2.31. The normalized spacial score (nSPS) is 12.4. The Hall–Kier alpha value is -2.44. The van der Waals surface area contributed by atoms with E-state index in [1.165, 1.54) is 12.1 Å². The molecular weight excluding hydrogens is 270 g/mol. The Morgan fingerprint density at radius 3 is 2.57 bits per heavy atom.